The van der Waals surface area contributed by atoms with E-state index in [1.165, 1.54) is 38.5 Å². The summed E-state index contributed by atoms with van der Waals surface area (Å²) < 4.78 is 28.2. The van der Waals surface area contributed by atoms with Crippen molar-refractivity contribution in [1.82, 2.24) is 0 Å². The summed E-state index contributed by atoms with van der Waals surface area (Å²) in [7, 11) is 0. The van der Waals surface area contributed by atoms with E-state index in [0.717, 1.165) is 12.8 Å². The molecule has 114 valence electrons. The van der Waals surface area contributed by atoms with Crippen LogP contribution in [-0.2, 0) is 9.53 Å². The number of hydrogen-bond acceptors (Lipinski definition) is 2. The highest BCUT2D eigenvalue weighted by atomic mass is 19.3. The van der Waals surface area contributed by atoms with Gasteiger partial charge in [-0.2, -0.15) is 0 Å². The smallest absolute Gasteiger partial charge is 0.261 e. The first-order valence-electron chi connectivity index (χ1n) is 7.54. The van der Waals surface area contributed by atoms with Gasteiger partial charge in [0.05, 0.1) is 6.61 Å². The van der Waals surface area contributed by atoms with E-state index in [4.69, 9.17) is 0 Å². The van der Waals surface area contributed by atoms with Crippen LogP contribution in [0.2, 0.25) is 0 Å². The molecule has 0 aliphatic heterocycles. The van der Waals surface area contributed by atoms with Crippen LogP contribution < -0.4 is 0 Å². The Morgan fingerprint density at radius 2 is 1.53 bits per heavy atom. The van der Waals surface area contributed by atoms with Crippen molar-refractivity contribution in [2.24, 2.45) is 0 Å². The summed E-state index contributed by atoms with van der Waals surface area (Å²) in [5, 5.41) is 0. The van der Waals surface area contributed by atoms with Gasteiger partial charge in [0.25, 0.3) is 6.43 Å². The van der Waals surface area contributed by atoms with E-state index in [0.29, 0.717) is 6.42 Å². The van der Waals surface area contributed by atoms with Gasteiger partial charge in [-0.25, -0.2) is 8.78 Å². The van der Waals surface area contributed by atoms with Gasteiger partial charge in [0.2, 0.25) is 0 Å². The number of ether oxygens (including phenoxy) is 1. The number of rotatable bonds is 14. The molecule has 0 aromatic heterocycles. The van der Waals surface area contributed by atoms with Crippen LogP contribution in [0.3, 0.4) is 0 Å². The van der Waals surface area contributed by atoms with Gasteiger partial charge in [0.15, 0.2) is 0 Å². The van der Waals surface area contributed by atoms with E-state index >= 15 is 0 Å². The Morgan fingerprint density at radius 1 is 0.947 bits per heavy atom. The number of hydrogen-bond donors (Lipinski definition) is 0. The molecule has 0 aromatic carbocycles. The lowest BCUT2D eigenvalue weighted by Crippen LogP contribution is -2.09. The fraction of sp³-hybridized carbons (Fsp3) is 0.933. The molecule has 0 saturated carbocycles. The Bertz CT molecular complexity index is 208. The summed E-state index contributed by atoms with van der Waals surface area (Å²) in [5.41, 5.74) is 0. The molecule has 0 atom stereocenters. The van der Waals surface area contributed by atoms with Crippen molar-refractivity contribution < 1.29 is 18.3 Å². The number of carbonyl (C=O) groups excluding carboxylic acids is 1. The van der Waals surface area contributed by atoms with Gasteiger partial charge in [0.1, 0.15) is 12.4 Å². The second-order valence-electron chi connectivity index (χ2n) is 4.98. The molecule has 0 aliphatic rings. The Hall–Kier alpha value is -0.510. The van der Waals surface area contributed by atoms with Crippen LogP contribution in [0.25, 0.3) is 0 Å². The zero-order valence-corrected chi connectivity index (χ0v) is 12.1. The lowest BCUT2D eigenvalue weighted by molar-refractivity contribution is -0.120. The van der Waals surface area contributed by atoms with Gasteiger partial charge in [-0.05, 0) is 6.42 Å². The second-order valence-corrected chi connectivity index (χ2v) is 4.98. The monoisotopic (exact) mass is 278 g/mol. The van der Waals surface area contributed by atoms with E-state index < -0.39 is 13.0 Å². The van der Waals surface area contributed by atoms with Crippen LogP contribution in [0, 0.1) is 0 Å². The summed E-state index contributed by atoms with van der Waals surface area (Å²) in [6.45, 7) is 1.77. The van der Waals surface area contributed by atoms with Gasteiger partial charge >= 0.3 is 0 Å². The maximum Gasteiger partial charge on any atom is 0.261 e. The number of halogens is 2. The Morgan fingerprint density at radius 3 is 2.11 bits per heavy atom. The minimum atomic E-state index is -2.44. The van der Waals surface area contributed by atoms with Crippen LogP contribution >= 0.6 is 0 Å². The van der Waals surface area contributed by atoms with E-state index in [9.17, 15) is 13.6 Å². The molecule has 0 bridgehead atoms. The van der Waals surface area contributed by atoms with Gasteiger partial charge in [0, 0.05) is 12.8 Å². The first-order valence-corrected chi connectivity index (χ1v) is 7.54. The molecule has 0 aromatic rings. The van der Waals surface area contributed by atoms with Crippen LogP contribution in [0.1, 0.15) is 71.1 Å². The minimum Gasteiger partial charge on any atom is -0.375 e. The number of unbranched alkanes of at least 4 members (excludes halogenated alkanes) is 7. The largest absolute Gasteiger partial charge is 0.375 e. The fourth-order valence-electron chi connectivity index (χ4n) is 1.94. The zero-order valence-electron chi connectivity index (χ0n) is 12.1. The number of ketones is 1. The lowest BCUT2D eigenvalue weighted by Gasteiger charge is -2.03. The summed E-state index contributed by atoms with van der Waals surface area (Å²) in [6, 6.07) is 0. The molecule has 2 nitrogen and oxygen atoms in total. The SMILES string of the molecule is CCCCCCCCCCC(=O)CCOCC(F)F. The topological polar surface area (TPSA) is 26.3 Å². The summed E-state index contributed by atoms with van der Waals surface area (Å²) in [6.07, 6.45) is 8.04. The van der Waals surface area contributed by atoms with Crippen LogP contribution in [-0.4, -0.2) is 25.4 Å². The van der Waals surface area contributed by atoms with Crippen LogP contribution in [0.15, 0.2) is 0 Å². The average Bonchev–Trinajstić information content (AvgIpc) is 2.37. The molecule has 0 heterocycles. The standard InChI is InChI=1S/C15H28F2O2/c1-2-3-4-5-6-7-8-9-10-14(18)11-12-19-13-15(16)17/h15H,2-13H2,1H3. The molecule has 0 spiro atoms. The van der Waals surface area contributed by atoms with Crippen molar-refractivity contribution in [2.75, 3.05) is 13.2 Å². The van der Waals surface area contributed by atoms with Crippen molar-refractivity contribution in [2.45, 2.75) is 77.6 Å². The predicted octanol–water partition coefficient (Wildman–Crippen LogP) is 4.76. The first-order chi connectivity index (χ1) is 9.16. The number of Topliss-reactive ketones (excluding diaryl/α,β-unsaturated/α-hetero) is 1. The quantitative estimate of drug-likeness (QED) is 0.428. The zero-order chi connectivity index (χ0) is 14.3. The molecule has 0 unspecified atom stereocenters. The summed E-state index contributed by atoms with van der Waals surface area (Å²) >= 11 is 0. The molecule has 0 amide bonds. The molecular weight excluding hydrogens is 250 g/mol. The van der Waals surface area contributed by atoms with Gasteiger partial charge in [-0.15, -0.1) is 0 Å². The molecule has 4 heteroatoms. The van der Waals surface area contributed by atoms with Crippen molar-refractivity contribution in [3.63, 3.8) is 0 Å². The number of carbonyl (C=O) groups is 1. The van der Waals surface area contributed by atoms with E-state index in [-0.39, 0.29) is 18.8 Å². The Labute approximate surface area is 115 Å². The van der Waals surface area contributed by atoms with E-state index in [2.05, 4.69) is 11.7 Å². The molecule has 0 fully saturated rings. The normalized spacial score (nSPS) is 11.2. The van der Waals surface area contributed by atoms with Gasteiger partial charge in [-0.3, -0.25) is 4.79 Å². The fourth-order valence-corrected chi connectivity index (χ4v) is 1.94. The molecule has 0 saturated heterocycles. The predicted molar refractivity (Wildman–Crippen MR) is 73.7 cm³/mol. The van der Waals surface area contributed by atoms with Crippen LogP contribution in [0.5, 0.6) is 0 Å². The molecule has 0 radical (unpaired) electrons. The van der Waals surface area contributed by atoms with Crippen molar-refractivity contribution in [3.8, 4) is 0 Å². The number of alkyl halides is 2. The van der Waals surface area contributed by atoms with E-state index in [1.54, 1.807) is 0 Å². The third-order valence-corrected chi connectivity index (χ3v) is 3.08. The third-order valence-electron chi connectivity index (χ3n) is 3.08. The molecule has 0 N–H and O–H groups in total. The van der Waals surface area contributed by atoms with Crippen molar-refractivity contribution in [1.29, 1.82) is 0 Å². The lowest BCUT2D eigenvalue weighted by atomic mass is 10.1. The highest BCUT2D eigenvalue weighted by molar-refractivity contribution is 5.78. The second kappa shape index (κ2) is 13.9. The minimum absolute atomic E-state index is 0.125. The van der Waals surface area contributed by atoms with Gasteiger partial charge < -0.3 is 4.74 Å². The van der Waals surface area contributed by atoms with Crippen molar-refractivity contribution in [3.05, 3.63) is 0 Å². The Balaban J connectivity index is 3.16. The highest BCUT2D eigenvalue weighted by Crippen LogP contribution is 2.10. The maximum atomic E-state index is 11.7. The molecule has 19 heavy (non-hydrogen) atoms. The maximum absolute atomic E-state index is 11.7. The molecule has 0 aliphatic carbocycles. The highest BCUT2D eigenvalue weighted by Gasteiger charge is 2.04. The van der Waals surface area contributed by atoms with Crippen molar-refractivity contribution >= 4 is 5.78 Å². The van der Waals surface area contributed by atoms with Gasteiger partial charge in [-0.1, -0.05) is 51.9 Å². The van der Waals surface area contributed by atoms with Crippen LogP contribution in [0.4, 0.5) is 8.78 Å². The first kappa shape index (κ1) is 18.5. The van der Waals surface area contributed by atoms with E-state index in [1.807, 2.05) is 0 Å². The Kier molecular flexibility index (Phi) is 13.5. The summed E-state index contributed by atoms with van der Waals surface area (Å²) in [4.78, 5) is 11.4. The third kappa shape index (κ3) is 15.4. The molecular formula is C15H28F2O2. The average molecular weight is 278 g/mol. The molecule has 0 rings (SSSR count). The summed E-state index contributed by atoms with van der Waals surface area (Å²) in [5.74, 6) is 0.125.